The van der Waals surface area contributed by atoms with Crippen LogP contribution in [0.15, 0.2) is 0 Å². The first-order valence-corrected chi connectivity index (χ1v) is 5.27. The first-order valence-electron chi connectivity index (χ1n) is 5.27. The number of rotatable bonds is 9. The fourth-order valence-corrected chi connectivity index (χ4v) is 1.27. The summed E-state index contributed by atoms with van der Waals surface area (Å²) in [5.74, 6) is 0.255. The van der Waals surface area contributed by atoms with Gasteiger partial charge in [0, 0.05) is 0 Å². The van der Waals surface area contributed by atoms with Gasteiger partial charge in [-0.15, -0.1) is 0 Å². The first kappa shape index (κ1) is 12.6. The Labute approximate surface area is 93.7 Å². The van der Waals surface area contributed by atoms with E-state index in [1.54, 1.807) is 0 Å². The Morgan fingerprint density at radius 2 is 2.19 bits per heavy atom. The monoisotopic (exact) mass is 228 g/mol. The normalized spacial score (nSPS) is 16.2. The van der Waals surface area contributed by atoms with Gasteiger partial charge in [0.2, 0.25) is 12.3 Å². The second-order valence-corrected chi connectivity index (χ2v) is 3.76. The number of hydrogen-bond donors (Lipinski definition) is 2. The van der Waals surface area contributed by atoms with Crippen LogP contribution in [0, 0.1) is 5.92 Å². The number of amides is 2. The summed E-state index contributed by atoms with van der Waals surface area (Å²) in [5, 5.41) is 4.66. The Balaban J connectivity index is 2.04. The highest BCUT2D eigenvalue weighted by Crippen LogP contribution is 2.33. The quantitative estimate of drug-likeness (QED) is 0.399. The Morgan fingerprint density at radius 3 is 2.75 bits per heavy atom. The molecule has 0 aliphatic heterocycles. The summed E-state index contributed by atoms with van der Waals surface area (Å²) in [7, 11) is 0. The number of carbonyl (C=O) groups is 3. The van der Waals surface area contributed by atoms with E-state index in [1.165, 1.54) is 0 Å². The summed E-state index contributed by atoms with van der Waals surface area (Å²) in [6, 6.07) is 0. The standard InChI is InChI=1S/C10H16N2O4/c13-5-9(3-8-1-2-8)16-7-12-10(15)4-11-6-14/h5-6,8-9H,1-4,7H2,(H,11,14)(H,12,15). The lowest BCUT2D eigenvalue weighted by atomic mass is 10.2. The van der Waals surface area contributed by atoms with Crippen LogP contribution in [0.5, 0.6) is 0 Å². The van der Waals surface area contributed by atoms with Crippen molar-refractivity contribution in [3.63, 3.8) is 0 Å². The molecule has 6 nitrogen and oxygen atoms in total. The van der Waals surface area contributed by atoms with Crippen LogP contribution >= 0.6 is 0 Å². The molecule has 1 atom stereocenters. The molecule has 1 saturated carbocycles. The van der Waals surface area contributed by atoms with E-state index in [0.29, 0.717) is 12.3 Å². The predicted octanol–water partition coefficient (Wildman–Crippen LogP) is -0.810. The van der Waals surface area contributed by atoms with E-state index < -0.39 is 6.10 Å². The van der Waals surface area contributed by atoms with Gasteiger partial charge >= 0.3 is 0 Å². The van der Waals surface area contributed by atoms with Crippen molar-refractivity contribution in [2.75, 3.05) is 13.3 Å². The molecule has 0 radical (unpaired) electrons. The molecule has 2 amide bonds. The molecule has 1 rings (SSSR count). The Kier molecular flexibility index (Phi) is 5.49. The van der Waals surface area contributed by atoms with Gasteiger partial charge < -0.3 is 20.2 Å². The van der Waals surface area contributed by atoms with Crippen LogP contribution in [-0.4, -0.2) is 38.0 Å². The number of nitrogens with one attached hydrogen (secondary N) is 2. The van der Waals surface area contributed by atoms with Crippen LogP contribution in [0.1, 0.15) is 19.3 Å². The molecule has 1 unspecified atom stereocenters. The summed E-state index contributed by atoms with van der Waals surface area (Å²) in [5.41, 5.74) is 0. The molecule has 6 heteroatoms. The van der Waals surface area contributed by atoms with E-state index >= 15 is 0 Å². The Bertz CT molecular complexity index is 253. The first-order chi connectivity index (χ1) is 7.76. The molecule has 0 bridgehead atoms. The molecule has 2 N–H and O–H groups in total. The van der Waals surface area contributed by atoms with E-state index in [9.17, 15) is 14.4 Å². The number of hydrogen-bond acceptors (Lipinski definition) is 4. The highest BCUT2D eigenvalue weighted by molar-refractivity contribution is 5.79. The van der Waals surface area contributed by atoms with Crippen molar-refractivity contribution < 1.29 is 19.1 Å². The minimum Gasteiger partial charge on any atom is -0.351 e. The smallest absolute Gasteiger partial charge is 0.241 e. The summed E-state index contributed by atoms with van der Waals surface area (Å²) in [4.78, 5) is 31.5. The summed E-state index contributed by atoms with van der Waals surface area (Å²) < 4.78 is 5.18. The SMILES string of the molecule is O=CNCC(=O)NCOC(C=O)CC1CC1. The number of carbonyl (C=O) groups excluding carboxylic acids is 3. The fourth-order valence-electron chi connectivity index (χ4n) is 1.27. The minimum atomic E-state index is -0.438. The molecule has 0 heterocycles. The van der Waals surface area contributed by atoms with Crippen molar-refractivity contribution in [3.05, 3.63) is 0 Å². The van der Waals surface area contributed by atoms with Gasteiger partial charge in [-0.3, -0.25) is 9.59 Å². The van der Waals surface area contributed by atoms with Gasteiger partial charge in [0.25, 0.3) is 0 Å². The predicted molar refractivity (Wildman–Crippen MR) is 55.4 cm³/mol. The van der Waals surface area contributed by atoms with Crippen molar-refractivity contribution in [1.82, 2.24) is 10.6 Å². The average molecular weight is 228 g/mol. The molecule has 0 spiro atoms. The Morgan fingerprint density at radius 1 is 1.44 bits per heavy atom. The molecule has 0 aromatic heterocycles. The second kappa shape index (κ2) is 6.95. The van der Waals surface area contributed by atoms with Crippen LogP contribution < -0.4 is 10.6 Å². The van der Waals surface area contributed by atoms with Crippen molar-refractivity contribution in [2.45, 2.75) is 25.4 Å². The van der Waals surface area contributed by atoms with E-state index in [-0.39, 0.29) is 19.2 Å². The molecular formula is C10H16N2O4. The van der Waals surface area contributed by atoms with Crippen LogP contribution in [0.25, 0.3) is 0 Å². The Hall–Kier alpha value is -1.43. The van der Waals surface area contributed by atoms with Crippen molar-refractivity contribution in [3.8, 4) is 0 Å². The third-order valence-corrected chi connectivity index (χ3v) is 2.33. The molecule has 0 aromatic rings. The summed E-state index contributed by atoms with van der Waals surface area (Å²) in [6.07, 6.45) is 3.81. The van der Waals surface area contributed by atoms with Gasteiger partial charge in [-0.2, -0.15) is 0 Å². The maximum Gasteiger partial charge on any atom is 0.241 e. The van der Waals surface area contributed by atoms with Gasteiger partial charge in [0.15, 0.2) is 0 Å². The van der Waals surface area contributed by atoms with Crippen LogP contribution in [0.4, 0.5) is 0 Å². The van der Waals surface area contributed by atoms with Crippen molar-refractivity contribution in [1.29, 1.82) is 0 Å². The molecule has 16 heavy (non-hydrogen) atoms. The van der Waals surface area contributed by atoms with Crippen molar-refractivity contribution in [2.24, 2.45) is 5.92 Å². The van der Waals surface area contributed by atoms with E-state index in [4.69, 9.17) is 4.74 Å². The van der Waals surface area contributed by atoms with E-state index in [0.717, 1.165) is 25.5 Å². The lowest BCUT2D eigenvalue weighted by Gasteiger charge is -2.11. The third-order valence-electron chi connectivity index (χ3n) is 2.33. The molecule has 1 aliphatic rings. The van der Waals surface area contributed by atoms with E-state index in [2.05, 4.69) is 10.6 Å². The van der Waals surface area contributed by atoms with Gasteiger partial charge in [-0.1, -0.05) is 12.8 Å². The van der Waals surface area contributed by atoms with Gasteiger partial charge in [-0.05, 0) is 12.3 Å². The van der Waals surface area contributed by atoms with Gasteiger partial charge in [-0.25, -0.2) is 0 Å². The maximum absolute atomic E-state index is 11.0. The molecule has 1 aliphatic carbocycles. The van der Waals surface area contributed by atoms with E-state index in [1.807, 2.05) is 0 Å². The van der Waals surface area contributed by atoms with Crippen LogP contribution in [0.3, 0.4) is 0 Å². The zero-order valence-electron chi connectivity index (χ0n) is 8.98. The molecular weight excluding hydrogens is 212 g/mol. The zero-order valence-corrected chi connectivity index (χ0v) is 8.98. The van der Waals surface area contributed by atoms with Crippen LogP contribution in [-0.2, 0) is 19.1 Å². The zero-order chi connectivity index (χ0) is 11.8. The maximum atomic E-state index is 11.0. The minimum absolute atomic E-state index is 0.00447. The summed E-state index contributed by atoms with van der Waals surface area (Å²) in [6.45, 7) is -0.0866. The van der Waals surface area contributed by atoms with Gasteiger partial charge in [0.1, 0.15) is 19.1 Å². The number of aldehydes is 1. The van der Waals surface area contributed by atoms with Crippen molar-refractivity contribution >= 4 is 18.6 Å². The number of ether oxygens (including phenoxy) is 1. The third kappa shape index (κ3) is 5.45. The lowest BCUT2D eigenvalue weighted by molar-refractivity contribution is -0.127. The molecule has 1 fully saturated rings. The highest BCUT2D eigenvalue weighted by Gasteiger charge is 2.25. The largest absolute Gasteiger partial charge is 0.351 e. The topological polar surface area (TPSA) is 84.5 Å². The lowest BCUT2D eigenvalue weighted by Crippen LogP contribution is -2.36. The average Bonchev–Trinajstić information content (AvgIpc) is 3.08. The van der Waals surface area contributed by atoms with Crippen LogP contribution in [0.2, 0.25) is 0 Å². The molecule has 0 saturated heterocycles. The fraction of sp³-hybridized carbons (Fsp3) is 0.700. The summed E-state index contributed by atoms with van der Waals surface area (Å²) >= 11 is 0. The molecule has 90 valence electrons. The van der Waals surface area contributed by atoms with Gasteiger partial charge in [0.05, 0.1) is 6.54 Å². The second-order valence-electron chi connectivity index (χ2n) is 3.76. The molecule has 0 aromatic carbocycles. The highest BCUT2D eigenvalue weighted by atomic mass is 16.5.